The van der Waals surface area contributed by atoms with E-state index in [9.17, 15) is 0 Å². The maximum atomic E-state index is 5.99. The highest BCUT2D eigenvalue weighted by atomic mass is 35.5. The SMILES string of the molecule is Clc1nc(-c2ccccc2)nc(-c2ccccc2)n1.c1ccc(-c2nc(-c3ccccc3)nc(-n3c4ccccc4c4c5c6ccccc6n6c7ccccc7c(cc43)c56)n2)cc1.c1ccc2c(c1)[nH]c1cc3c4ccccc4n4c5ccccc5c(c12)c34. The Hall–Kier alpha value is -11.9. The van der Waals surface area contributed by atoms with E-state index in [1.165, 1.54) is 109 Å². The van der Waals surface area contributed by atoms with Crippen LogP contribution in [0.4, 0.5) is 0 Å². The van der Waals surface area contributed by atoms with E-state index in [1.54, 1.807) is 0 Å². The van der Waals surface area contributed by atoms with E-state index in [0.717, 1.165) is 33.3 Å². The molecule has 0 aliphatic carbocycles. The van der Waals surface area contributed by atoms with Gasteiger partial charge in [-0.2, -0.15) is 19.9 Å². The van der Waals surface area contributed by atoms with Crippen molar-refractivity contribution in [2.24, 2.45) is 0 Å². The van der Waals surface area contributed by atoms with Crippen LogP contribution >= 0.6 is 11.6 Å². The average molecular weight is 1160 g/mol. The van der Waals surface area contributed by atoms with Gasteiger partial charge >= 0.3 is 0 Å². The second-order valence-electron chi connectivity index (χ2n) is 22.4. The van der Waals surface area contributed by atoms with Crippen molar-refractivity contribution in [1.82, 2.24) is 48.3 Å². The molecular weight excluding hydrogens is 1110 g/mol. The van der Waals surface area contributed by atoms with Crippen molar-refractivity contribution < 1.29 is 0 Å². The number of hydrogen-bond acceptors (Lipinski definition) is 6. The Bertz CT molecular complexity index is 5990. The van der Waals surface area contributed by atoms with E-state index < -0.39 is 0 Å². The van der Waals surface area contributed by atoms with Gasteiger partial charge in [-0.3, -0.25) is 4.57 Å². The fourth-order valence-corrected chi connectivity index (χ4v) is 13.9. The van der Waals surface area contributed by atoms with Crippen LogP contribution in [0, 0.1) is 0 Å². The molecule has 0 fully saturated rings. The number of H-pyrrole nitrogens is 1. The minimum absolute atomic E-state index is 0.202. The van der Waals surface area contributed by atoms with E-state index in [4.69, 9.17) is 26.6 Å². The van der Waals surface area contributed by atoms with Crippen molar-refractivity contribution in [1.29, 1.82) is 0 Å². The Labute approximate surface area is 512 Å². The van der Waals surface area contributed by atoms with Crippen LogP contribution in [0.2, 0.25) is 5.28 Å². The molecule has 20 rings (SSSR count). The predicted molar refractivity (Wildman–Crippen MR) is 366 cm³/mol. The molecule has 0 spiro atoms. The number of benzene rings is 12. The van der Waals surface area contributed by atoms with Crippen LogP contribution in [0.15, 0.2) is 279 Å². The van der Waals surface area contributed by atoms with E-state index in [2.05, 4.69) is 215 Å². The minimum atomic E-state index is 0.202. The Morgan fingerprint density at radius 1 is 0.258 bits per heavy atom. The van der Waals surface area contributed by atoms with Gasteiger partial charge in [0.2, 0.25) is 11.2 Å². The first-order valence-corrected chi connectivity index (χ1v) is 30.0. The fourth-order valence-electron chi connectivity index (χ4n) is 13.7. The molecule has 11 heteroatoms. The van der Waals surface area contributed by atoms with Gasteiger partial charge in [-0.25, -0.2) is 9.97 Å². The zero-order valence-corrected chi connectivity index (χ0v) is 48.2. The zero-order chi connectivity index (χ0) is 58.7. The van der Waals surface area contributed by atoms with Gasteiger partial charge in [0.25, 0.3) is 0 Å². The molecule has 20 aromatic rings. The van der Waals surface area contributed by atoms with Crippen LogP contribution in [0.1, 0.15) is 0 Å². The van der Waals surface area contributed by atoms with Crippen molar-refractivity contribution in [2.75, 3.05) is 0 Å². The van der Waals surface area contributed by atoms with Crippen LogP contribution < -0.4 is 0 Å². The maximum absolute atomic E-state index is 5.99. The van der Waals surface area contributed by atoms with E-state index in [-0.39, 0.29) is 5.28 Å². The van der Waals surface area contributed by atoms with E-state index in [0.29, 0.717) is 29.2 Å². The molecule has 0 unspecified atom stereocenters. The largest absolute Gasteiger partial charge is 0.354 e. The molecule has 0 aliphatic rings. The summed E-state index contributed by atoms with van der Waals surface area (Å²) in [6.07, 6.45) is 0. The van der Waals surface area contributed by atoms with Crippen LogP contribution in [0.25, 0.3) is 171 Å². The van der Waals surface area contributed by atoms with Gasteiger partial charge in [0, 0.05) is 97.9 Å². The Balaban J connectivity index is 0.000000111. The number of rotatable bonds is 5. The number of aromatic nitrogens is 10. The molecule has 0 atom stereocenters. The highest BCUT2D eigenvalue weighted by Gasteiger charge is 2.26. The highest BCUT2D eigenvalue weighted by molar-refractivity contribution is 6.37. The lowest BCUT2D eigenvalue weighted by Crippen LogP contribution is -2.06. The predicted octanol–water partition coefficient (Wildman–Crippen LogP) is 19.8. The number of aromatic amines is 1. The minimum Gasteiger partial charge on any atom is -0.354 e. The monoisotopic (exact) mass is 1160 g/mol. The third-order valence-corrected chi connectivity index (χ3v) is 17.6. The first-order valence-electron chi connectivity index (χ1n) is 29.6. The highest BCUT2D eigenvalue weighted by Crippen LogP contribution is 2.48. The van der Waals surface area contributed by atoms with Gasteiger partial charge in [-0.15, -0.1) is 0 Å². The molecule has 89 heavy (non-hydrogen) atoms. The second-order valence-corrected chi connectivity index (χ2v) is 22.7. The first kappa shape index (κ1) is 50.5. The van der Waals surface area contributed by atoms with Crippen LogP contribution in [0.5, 0.6) is 0 Å². The standard InChI is InChI=1S/C39H23N5.C24H14N2.C15H10ClN3/c1-3-13-24(14-4-1)37-40-38(25-15-5-2-6-16-25)42-39(41-37)44-32-22-12-8-18-27(32)34-33(44)23-29-26-17-7-10-20-30(26)43-31-21-11-9-19-28(31)35(34)36(29)43;1-4-10-18-15(8-1)22-19(25-18)13-17-14-7-2-5-11-20(14)26-21-12-6-3-9-16(21)23(22)24(17)26;16-15-18-13(11-7-3-1-4-8-11)17-14(19-15)12-9-5-2-6-10-12/h1-23H;1-13,25H;1-10H. The number of para-hydroxylation sites is 6. The molecular formula is C78H47ClN10. The van der Waals surface area contributed by atoms with Gasteiger partial charge in [-0.05, 0) is 60.1 Å². The summed E-state index contributed by atoms with van der Waals surface area (Å²) in [6, 6.07) is 96.6. The summed E-state index contributed by atoms with van der Waals surface area (Å²) in [4.78, 5) is 31.7. The molecule has 0 bridgehead atoms. The number of hydrogen-bond donors (Lipinski definition) is 1. The maximum Gasteiger partial charge on any atom is 0.238 e. The second kappa shape index (κ2) is 20.1. The third-order valence-electron chi connectivity index (χ3n) is 17.4. The van der Waals surface area contributed by atoms with Crippen molar-refractivity contribution in [2.45, 2.75) is 0 Å². The van der Waals surface area contributed by atoms with Gasteiger partial charge in [0.05, 0.1) is 44.1 Å². The summed E-state index contributed by atoms with van der Waals surface area (Å²) < 4.78 is 7.11. The zero-order valence-electron chi connectivity index (χ0n) is 47.5. The number of halogens is 1. The lowest BCUT2D eigenvalue weighted by Gasteiger charge is -2.11. The lowest BCUT2D eigenvalue weighted by atomic mass is 10.0. The van der Waals surface area contributed by atoms with Crippen LogP contribution in [-0.2, 0) is 0 Å². The first-order chi connectivity index (χ1) is 44.1. The van der Waals surface area contributed by atoms with Crippen molar-refractivity contribution >= 4 is 131 Å². The van der Waals surface area contributed by atoms with E-state index >= 15 is 0 Å². The third kappa shape index (κ3) is 7.90. The number of nitrogens with zero attached hydrogens (tertiary/aromatic N) is 9. The fraction of sp³-hybridized carbons (Fsp3) is 0. The summed E-state index contributed by atoms with van der Waals surface area (Å²) in [5.41, 5.74) is 15.9. The quantitative estimate of drug-likeness (QED) is 0.184. The molecule has 0 aliphatic heterocycles. The van der Waals surface area contributed by atoms with Crippen molar-refractivity contribution in [3.8, 4) is 51.5 Å². The van der Waals surface area contributed by atoms with E-state index in [1.807, 2.05) is 97.1 Å². The molecule has 0 saturated carbocycles. The molecule has 0 radical (unpaired) electrons. The van der Waals surface area contributed by atoms with Gasteiger partial charge in [-0.1, -0.05) is 231 Å². The molecule has 8 aromatic heterocycles. The lowest BCUT2D eigenvalue weighted by molar-refractivity contribution is 0.954. The summed E-state index contributed by atoms with van der Waals surface area (Å²) in [5, 5.41) is 15.5. The van der Waals surface area contributed by atoms with Crippen molar-refractivity contribution in [3.05, 3.63) is 284 Å². The van der Waals surface area contributed by atoms with Gasteiger partial charge < -0.3 is 13.8 Å². The topological polar surface area (TPSA) is 107 Å². The molecule has 0 saturated heterocycles. The van der Waals surface area contributed by atoms with Gasteiger partial charge in [0.1, 0.15) is 0 Å². The summed E-state index contributed by atoms with van der Waals surface area (Å²) >= 11 is 5.99. The summed E-state index contributed by atoms with van der Waals surface area (Å²) in [7, 11) is 0. The smallest absolute Gasteiger partial charge is 0.238 e. The Morgan fingerprint density at radius 2 is 0.607 bits per heavy atom. The Morgan fingerprint density at radius 3 is 1.08 bits per heavy atom. The number of fused-ring (bicyclic) bond motifs is 20. The molecule has 416 valence electrons. The molecule has 1 N–H and O–H groups in total. The normalized spacial score (nSPS) is 11.9. The number of nitrogens with one attached hydrogen (secondary N) is 1. The van der Waals surface area contributed by atoms with Crippen LogP contribution in [-0.4, -0.2) is 48.3 Å². The molecule has 12 aromatic carbocycles. The summed E-state index contributed by atoms with van der Waals surface area (Å²) in [5.74, 6) is 3.06. The average Bonchev–Trinajstić information content (AvgIpc) is 1.54. The van der Waals surface area contributed by atoms with Gasteiger partial charge in [0.15, 0.2) is 23.3 Å². The molecule has 10 nitrogen and oxygen atoms in total. The van der Waals surface area contributed by atoms with Crippen LogP contribution in [0.3, 0.4) is 0 Å². The molecule has 8 heterocycles. The molecule has 0 amide bonds. The van der Waals surface area contributed by atoms with Crippen molar-refractivity contribution in [3.63, 3.8) is 0 Å². The Kier molecular flexibility index (Phi) is 11.4. The summed E-state index contributed by atoms with van der Waals surface area (Å²) in [6.45, 7) is 0.